The fourth-order valence-electron chi connectivity index (χ4n) is 3.32. The highest BCUT2D eigenvalue weighted by molar-refractivity contribution is 9.10. The Kier molecular flexibility index (Phi) is 6.46. The van der Waals surface area contributed by atoms with E-state index >= 15 is 0 Å². The van der Waals surface area contributed by atoms with Crippen LogP contribution in [0.1, 0.15) is 35.3 Å². The predicted molar refractivity (Wildman–Crippen MR) is 107 cm³/mol. The summed E-state index contributed by atoms with van der Waals surface area (Å²) >= 11 is 3.38. The summed E-state index contributed by atoms with van der Waals surface area (Å²) in [6.45, 7) is 7.65. The Morgan fingerprint density at radius 1 is 1.04 bits per heavy atom. The van der Waals surface area contributed by atoms with Crippen molar-refractivity contribution in [1.29, 1.82) is 0 Å². The number of morpholine rings is 1. The van der Waals surface area contributed by atoms with Crippen LogP contribution in [-0.4, -0.2) is 36.1 Å². The zero-order chi connectivity index (χ0) is 18.5. The summed E-state index contributed by atoms with van der Waals surface area (Å²) < 4.78 is 6.75. The molecule has 2 aromatic rings. The number of ether oxygens (including phenoxy) is 1. The Morgan fingerprint density at radius 3 is 2.23 bits per heavy atom. The highest BCUT2D eigenvalue weighted by atomic mass is 79.9. The molecule has 0 spiro atoms. The standard InChI is InChI=1S/C21H25BrN2O2/c1-15-12-24(13-16(2)26-15)14-18-5-3-17(4-6-18)11-23-21(25)19-7-9-20(22)10-8-19/h3-10,15-16H,11-14H2,1-2H3,(H,23,25). The number of nitrogens with zero attached hydrogens (tertiary/aromatic N) is 1. The van der Waals surface area contributed by atoms with E-state index in [1.165, 1.54) is 5.56 Å². The number of hydrogen-bond acceptors (Lipinski definition) is 3. The summed E-state index contributed by atoms with van der Waals surface area (Å²) in [7, 11) is 0. The number of benzene rings is 2. The van der Waals surface area contributed by atoms with Crippen LogP contribution < -0.4 is 5.32 Å². The first-order valence-corrected chi connectivity index (χ1v) is 9.78. The summed E-state index contributed by atoms with van der Waals surface area (Å²) in [6, 6.07) is 15.8. The number of amides is 1. The van der Waals surface area contributed by atoms with Crippen molar-refractivity contribution in [2.75, 3.05) is 13.1 Å². The van der Waals surface area contributed by atoms with Gasteiger partial charge in [-0.3, -0.25) is 9.69 Å². The second kappa shape index (κ2) is 8.80. The van der Waals surface area contributed by atoms with Crippen LogP contribution in [0.4, 0.5) is 0 Å². The highest BCUT2D eigenvalue weighted by Gasteiger charge is 2.21. The summed E-state index contributed by atoms with van der Waals surface area (Å²) in [5.41, 5.74) is 3.05. The number of carbonyl (C=O) groups excluding carboxylic acids is 1. The molecule has 0 aromatic heterocycles. The van der Waals surface area contributed by atoms with Gasteiger partial charge >= 0.3 is 0 Å². The van der Waals surface area contributed by atoms with Gasteiger partial charge in [0, 0.05) is 36.2 Å². The molecule has 3 rings (SSSR count). The van der Waals surface area contributed by atoms with Crippen molar-refractivity contribution in [3.63, 3.8) is 0 Å². The largest absolute Gasteiger partial charge is 0.373 e. The quantitative estimate of drug-likeness (QED) is 0.800. The predicted octanol–water partition coefficient (Wildman–Crippen LogP) is 3.99. The molecule has 1 amide bonds. The van der Waals surface area contributed by atoms with E-state index < -0.39 is 0 Å². The molecule has 2 unspecified atom stereocenters. The van der Waals surface area contributed by atoms with Crippen LogP contribution in [-0.2, 0) is 17.8 Å². The van der Waals surface area contributed by atoms with Crippen molar-refractivity contribution >= 4 is 21.8 Å². The van der Waals surface area contributed by atoms with Gasteiger partial charge in [0.2, 0.25) is 0 Å². The average molecular weight is 417 g/mol. The maximum atomic E-state index is 12.2. The number of hydrogen-bond donors (Lipinski definition) is 1. The summed E-state index contributed by atoms with van der Waals surface area (Å²) in [4.78, 5) is 14.6. The number of nitrogens with one attached hydrogen (secondary N) is 1. The van der Waals surface area contributed by atoms with Crippen LogP contribution in [0.5, 0.6) is 0 Å². The van der Waals surface area contributed by atoms with Crippen LogP contribution in [0.15, 0.2) is 53.0 Å². The van der Waals surface area contributed by atoms with Crippen LogP contribution in [0.3, 0.4) is 0 Å². The zero-order valence-corrected chi connectivity index (χ0v) is 16.8. The second-order valence-electron chi connectivity index (χ2n) is 6.96. The van der Waals surface area contributed by atoms with Gasteiger partial charge in [-0.1, -0.05) is 40.2 Å². The van der Waals surface area contributed by atoms with E-state index in [0.29, 0.717) is 12.1 Å². The maximum Gasteiger partial charge on any atom is 0.251 e. The summed E-state index contributed by atoms with van der Waals surface area (Å²) in [5, 5.41) is 2.97. The minimum atomic E-state index is -0.0575. The number of halogens is 1. The third kappa shape index (κ3) is 5.40. The van der Waals surface area contributed by atoms with Gasteiger partial charge in [0.1, 0.15) is 0 Å². The van der Waals surface area contributed by atoms with Gasteiger partial charge in [-0.2, -0.15) is 0 Å². The molecule has 4 nitrogen and oxygen atoms in total. The maximum absolute atomic E-state index is 12.2. The van der Waals surface area contributed by atoms with E-state index in [2.05, 4.69) is 64.3 Å². The number of rotatable bonds is 5. The van der Waals surface area contributed by atoms with Gasteiger partial charge in [-0.25, -0.2) is 0 Å². The Balaban J connectivity index is 1.51. The Labute approximate surface area is 163 Å². The first-order chi connectivity index (χ1) is 12.5. The molecule has 2 atom stereocenters. The molecule has 1 saturated heterocycles. The first kappa shape index (κ1) is 19.1. The Morgan fingerprint density at radius 2 is 1.62 bits per heavy atom. The molecule has 138 valence electrons. The van der Waals surface area contributed by atoms with E-state index in [4.69, 9.17) is 4.74 Å². The van der Waals surface area contributed by atoms with Crippen LogP contribution >= 0.6 is 15.9 Å². The van der Waals surface area contributed by atoms with Gasteiger partial charge < -0.3 is 10.1 Å². The normalized spacial score (nSPS) is 20.7. The van der Waals surface area contributed by atoms with Gasteiger partial charge in [0.25, 0.3) is 5.91 Å². The lowest BCUT2D eigenvalue weighted by molar-refractivity contribution is -0.0704. The summed E-state index contributed by atoms with van der Waals surface area (Å²) in [5.74, 6) is -0.0575. The Hall–Kier alpha value is -1.69. The Bertz CT molecular complexity index is 721. The van der Waals surface area contributed by atoms with Gasteiger partial charge in [-0.05, 0) is 49.2 Å². The van der Waals surface area contributed by atoms with Gasteiger partial charge in [0.15, 0.2) is 0 Å². The molecule has 26 heavy (non-hydrogen) atoms. The average Bonchev–Trinajstić information content (AvgIpc) is 2.60. The molecule has 1 fully saturated rings. The molecule has 1 heterocycles. The van der Waals surface area contributed by atoms with E-state index in [1.807, 2.05) is 24.3 Å². The topological polar surface area (TPSA) is 41.6 Å². The lowest BCUT2D eigenvalue weighted by atomic mass is 10.1. The van der Waals surface area contributed by atoms with Crippen molar-refractivity contribution in [2.24, 2.45) is 0 Å². The van der Waals surface area contributed by atoms with Crippen LogP contribution in [0.25, 0.3) is 0 Å². The molecule has 2 aromatic carbocycles. The van der Waals surface area contributed by atoms with Crippen molar-refractivity contribution in [3.05, 3.63) is 69.7 Å². The van der Waals surface area contributed by atoms with Gasteiger partial charge in [0.05, 0.1) is 12.2 Å². The molecule has 0 aliphatic carbocycles. The molecule has 0 bridgehead atoms. The molecule has 5 heteroatoms. The number of carbonyl (C=O) groups is 1. The fourth-order valence-corrected chi connectivity index (χ4v) is 3.58. The smallest absolute Gasteiger partial charge is 0.251 e. The molecule has 0 radical (unpaired) electrons. The molecule has 1 aliphatic rings. The minimum Gasteiger partial charge on any atom is -0.373 e. The van der Waals surface area contributed by atoms with E-state index in [1.54, 1.807) is 0 Å². The monoisotopic (exact) mass is 416 g/mol. The third-order valence-electron chi connectivity index (χ3n) is 4.48. The van der Waals surface area contributed by atoms with Gasteiger partial charge in [-0.15, -0.1) is 0 Å². The zero-order valence-electron chi connectivity index (χ0n) is 15.2. The fraction of sp³-hybridized carbons (Fsp3) is 0.381. The highest BCUT2D eigenvalue weighted by Crippen LogP contribution is 2.15. The molecule has 1 aliphatic heterocycles. The summed E-state index contributed by atoms with van der Waals surface area (Å²) in [6.07, 6.45) is 0.568. The van der Waals surface area contributed by atoms with Crippen molar-refractivity contribution < 1.29 is 9.53 Å². The molecular weight excluding hydrogens is 392 g/mol. The van der Waals surface area contributed by atoms with Crippen molar-refractivity contribution in [1.82, 2.24) is 10.2 Å². The lowest BCUT2D eigenvalue weighted by Crippen LogP contribution is -2.44. The first-order valence-electron chi connectivity index (χ1n) is 8.99. The molecule has 0 saturated carbocycles. The lowest BCUT2D eigenvalue weighted by Gasteiger charge is -2.35. The van der Waals surface area contributed by atoms with Crippen LogP contribution in [0.2, 0.25) is 0 Å². The van der Waals surface area contributed by atoms with E-state index in [-0.39, 0.29) is 18.1 Å². The SMILES string of the molecule is CC1CN(Cc2ccc(CNC(=O)c3ccc(Br)cc3)cc2)CC(C)O1. The second-order valence-corrected chi connectivity index (χ2v) is 7.87. The van der Waals surface area contributed by atoms with Crippen LogP contribution in [0, 0.1) is 0 Å². The minimum absolute atomic E-state index is 0.0575. The third-order valence-corrected chi connectivity index (χ3v) is 5.01. The van der Waals surface area contributed by atoms with E-state index in [0.717, 1.165) is 29.7 Å². The molecular formula is C21H25BrN2O2. The van der Waals surface area contributed by atoms with Crippen molar-refractivity contribution in [3.8, 4) is 0 Å². The molecule has 1 N–H and O–H groups in total. The van der Waals surface area contributed by atoms with E-state index in [9.17, 15) is 4.79 Å². The van der Waals surface area contributed by atoms with Crippen molar-refractivity contribution in [2.45, 2.75) is 39.1 Å².